The summed E-state index contributed by atoms with van der Waals surface area (Å²) in [6.07, 6.45) is 10.9. The van der Waals surface area contributed by atoms with Crippen LogP contribution in [0.3, 0.4) is 0 Å². The van der Waals surface area contributed by atoms with E-state index in [1.54, 1.807) is 27.7 Å². The van der Waals surface area contributed by atoms with Gasteiger partial charge in [-0.25, -0.2) is 9.59 Å². The zero-order valence-electron chi connectivity index (χ0n) is 25.0. The Balaban J connectivity index is 1.41. The molecule has 7 heteroatoms. The average Bonchev–Trinajstić information content (AvgIpc) is 2.94. The minimum absolute atomic E-state index is 0.329. The van der Waals surface area contributed by atoms with Crippen LogP contribution in [0, 0.1) is 11.3 Å². The van der Waals surface area contributed by atoms with Crippen LogP contribution in [0.2, 0.25) is 0 Å². The lowest BCUT2D eigenvalue weighted by Crippen LogP contribution is -2.23. The smallest absolute Gasteiger partial charge is 0.331 e. The van der Waals surface area contributed by atoms with Crippen molar-refractivity contribution in [3.8, 4) is 22.9 Å². The van der Waals surface area contributed by atoms with Crippen LogP contribution in [-0.2, 0) is 23.8 Å². The number of hydrogen-bond acceptors (Lipinski definition) is 7. The van der Waals surface area contributed by atoms with Crippen LogP contribution in [-0.4, -0.2) is 43.5 Å². The van der Waals surface area contributed by atoms with E-state index in [1.807, 2.05) is 48.5 Å². The van der Waals surface area contributed by atoms with E-state index >= 15 is 0 Å². The number of ether oxygens (including phenoxy) is 4. The summed E-state index contributed by atoms with van der Waals surface area (Å²) in [6.45, 7) is 8.74. The first kappa shape index (κ1) is 33.6. The minimum atomic E-state index is -0.604. The van der Waals surface area contributed by atoms with E-state index in [-0.39, 0.29) is 6.10 Å². The molecule has 2 aromatic carbocycles. The molecule has 0 bridgehead atoms. The quantitative estimate of drug-likeness (QED) is 0.105. The molecule has 0 aliphatic carbocycles. The molecule has 2 aromatic rings. The molecule has 1 atom stereocenters. The maximum absolute atomic E-state index is 11.8. The number of carbonyl (C=O) groups is 2. The van der Waals surface area contributed by atoms with E-state index in [0.717, 1.165) is 61.3 Å². The largest absolute Gasteiger partial charge is 0.494 e. The number of esters is 2. The highest BCUT2D eigenvalue weighted by molar-refractivity contribution is 5.91. The second kappa shape index (κ2) is 18.7. The number of nitrogens with zero attached hydrogens (tertiary/aromatic N) is 1. The number of rotatable bonds is 18. The first-order valence-corrected chi connectivity index (χ1v) is 14.6. The molecule has 0 amide bonds. The molecule has 0 fully saturated rings. The second-order valence-electron chi connectivity index (χ2n) is 11.1. The standard InChI is InChI=1S/C34H45NO6/c1-27(40-32(36)21-22-33(37)41-34(2,3)4)26-38-23-11-9-7-5-6-8-10-12-24-39-31-19-17-30(18-20-31)29-15-13-28(25-35)14-16-29/h13-22,27H,5-12,23-24,26H2,1-4H3/b22-21+/t27-/m0/s1. The van der Waals surface area contributed by atoms with Gasteiger partial charge in [0.1, 0.15) is 17.5 Å². The van der Waals surface area contributed by atoms with Gasteiger partial charge in [0.2, 0.25) is 0 Å². The van der Waals surface area contributed by atoms with Crippen molar-refractivity contribution < 1.29 is 28.5 Å². The molecule has 0 N–H and O–H groups in total. The van der Waals surface area contributed by atoms with Crippen molar-refractivity contribution in [2.45, 2.75) is 90.8 Å². The van der Waals surface area contributed by atoms with Crippen LogP contribution in [0.5, 0.6) is 5.75 Å². The molecule has 0 aromatic heterocycles. The maximum Gasteiger partial charge on any atom is 0.331 e. The minimum Gasteiger partial charge on any atom is -0.494 e. The molecule has 0 unspecified atom stereocenters. The Hall–Kier alpha value is -3.63. The summed E-state index contributed by atoms with van der Waals surface area (Å²) in [5, 5.41) is 8.93. The van der Waals surface area contributed by atoms with E-state index in [2.05, 4.69) is 6.07 Å². The number of benzene rings is 2. The first-order valence-electron chi connectivity index (χ1n) is 14.6. The third kappa shape index (κ3) is 15.7. The summed E-state index contributed by atoms with van der Waals surface area (Å²) < 4.78 is 21.8. The summed E-state index contributed by atoms with van der Waals surface area (Å²) in [6, 6.07) is 17.8. The molecule has 2 rings (SSSR count). The Bertz CT molecular complexity index is 1110. The summed E-state index contributed by atoms with van der Waals surface area (Å²) in [7, 11) is 0. The predicted molar refractivity (Wildman–Crippen MR) is 160 cm³/mol. The van der Waals surface area contributed by atoms with Crippen molar-refractivity contribution in [2.24, 2.45) is 0 Å². The molecular formula is C34H45NO6. The fraction of sp³-hybridized carbons (Fsp3) is 0.500. The lowest BCUT2D eigenvalue weighted by Gasteiger charge is -2.17. The van der Waals surface area contributed by atoms with Crippen LogP contribution in [0.15, 0.2) is 60.7 Å². The summed E-state index contributed by atoms with van der Waals surface area (Å²) in [5.74, 6) is -0.285. The van der Waals surface area contributed by atoms with Crippen LogP contribution < -0.4 is 4.74 Å². The lowest BCUT2D eigenvalue weighted by molar-refractivity contribution is -0.150. The number of unbranched alkanes of at least 4 members (excludes halogenated alkanes) is 7. The van der Waals surface area contributed by atoms with Crippen LogP contribution >= 0.6 is 0 Å². The topological polar surface area (TPSA) is 94.9 Å². The summed E-state index contributed by atoms with van der Waals surface area (Å²) in [5.41, 5.74) is 2.25. The highest BCUT2D eigenvalue weighted by atomic mass is 16.6. The third-order valence-electron chi connectivity index (χ3n) is 6.09. The fourth-order valence-corrected chi connectivity index (χ4v) is 4.03. The molecule has 222 valence electrons. The van der Waals surface area contributed by atoms with Gasteiger partial charge < -0.3 is 18.9 Å². The predicted octanol–water partition coefficient (Wildman–Crippen LogP) is 7.57. The molecule has 41 heavy (non-hydrogen) atoms. The SMILES string of the molecule is C[C@@H](COCCCCCCCCCCOc1ccc(-c2ccc(C#N)cc2)cc1)OC(=O)/C=C/C(=O)OC(C)(C)C. The Morgan fingerprint density at radius 2 is 1.29 bits per heavy atom. The van der Waals surface area contributed by atoms with Gasteiger partial charge in [0.15, 0.2) is 0 Å². The van der Waals surface area contributed by atoms with Crippen molar-refractivity contribution in [3.05, 3.63) is 66.2 Å². The van der Waals surface area contributed by atoms with E-state index in [0.29, 0.717) is 18.8 Å². The third-order valence-corrected chi connectivity index (χ3v) is 6.09. The number of hydrogen-bond donors (Lipinski definition) is 0. The Labute approximate surface area is 245 Å². The molecule has 0 saturated heterocycles. The van der Waals surface area contributed by atoms with Crippen molar-refractivity contribution >= 4 is 11.9 Å². The van der Waals surface area contributed by atoms with E-state index < -0.39 is 17.5 Å². The fourth-order valence-electron chi connectivity index (χ4n) is 4.03. The Kier molecular flexibility index (Phi) is 15.3. The van der Waals surface area contributed by atoms with E-state index in [4.69, 9.17) is 24.2 Å². The highest BCUT2D eigenvalue weighted by Gasteiger charge is 2.15. The van der Waals surface area contributed by atoms with Gasteiger partial charge in [0.05, 0.1) is 24.8 Å². The van der Waals surface area contributed by atoms with Gasteiger partial charge in [0.25, 0.3) is 0 Å². The van der Waals surface area contributed by atoms with Gasteiger partial charge in [-0.1, -0.05) is 62.8 Å². The Morgan fingerprint density at radius 1 is 0.780 bits per heavy atom. The van der Waals surface area contributed by atoms with Gasteiger partial charge >= 0.3 is 11.9 Å². The Morgan fingerprint density at radius 3 is 1.85 bits per heavy atom. The molecule has 0 aliphatic rings. The molecular weight excluding hydrogens is 518 g/mol. The van der Waals surface area contributed by atoms with Gasteiger partial charge in [-0.15, -0.1) is 0 Å². The molecule has 0 heterocycles. The van der Waals surface area contributed by atoms with Gasteiger partial charge in [0, 0.05) is 18.8 Å². The monoisotopic (exact) mass is 563 g/mol. The number of carbonyl (C=O) groups excluding carboxylic acids is 2. The summed E-state index contributed by atoms with van der Waals surface area (Å²) >= 11 is 0. The van der Waals surface area contributed by atoms with Crippen molar-refractivity contribution in [1.82, 2.24) is 0 Å². The van der Waals surface area contributed by atoms with E-state index in [9.17, 15) is 9.59 Å². The van der Waals surface area contributed by atoms with Crippen molar-refractivity contribution in [3.63, 3.8) is 0 Å². The molecule has 0 aliphatic heterocycles. The van der Waals surface area contributed by atoms with Crippen LogP contribution in [0.4, 0.5) is 0 Å². The zero-order valence-corrected chi connectivity index (χ0v) is 25.0. The highest BCUT2D eigenvalue weighted by Crippen LogP contribution is 2.23. The van der Waals surface area contributed by atoms with Gasteiger partial charge in [-0.3, -0.25) is 0 Å². The first-order chi connectivity index (χ1) is 19.7. The zero-order chi connectivity index (χ0) is 29.9. The van der Waals surface area contributed by atoms with Gasteiger partial charge in [-0.05, 0) is 75.9 Å². The molecule has 7 nitrogen and oxygen atoms in total. The summed E-state index contributed by atoms with van der Waals surface area (Å²) in [4.78, 5) is 23.4. The molecule has 0 spiro atoms. The molecule has 0 saturated carbocycles. The number of nitriles is 1. The van der Waals surface area contributed by atoms with Gasteiger partial charge in [-0.2, -0.15) is 5.26 Å². The lowest BCUT2D eigenvalue weighted by atomic mass is 10.0. The average molecular weight is 564 g/mol. The van der Waals surface area contributed by atoms with Crippen molar-refractivity contribution in [1.29, 1.82) is 5.26 Å². The second-order valence-corrected chi connectivity index (χ2v) is 11.1. The van der Waals surface area contributed by atoms with Crippen LogP contribution in [0.1, 0.15) is 84.6 Å². The maximum atomic E-state index is 11.8. The van der Waals surface area contributed by atoms with Crippen molar-refractivity contribution in [2.75, 3.05) is 19.8 Å². The molecule has 0 radical (unpaired) electrons. The normalized spacial score (nSPS) is 12.1. The van der Waals surface area contributed by atoms with Crippen LogP contribution in [0.25, 0.3) is 11.1 Å². The van der Waals surface area contributed by atoms with E-state index in [1.165, 1.54) is 25.7 Å².